The molecular formula is C25H30N4O3S. The highest BCUT2D eigenvalue weighted by molar-refractivity contribution is 7.09. The summed E-state index contributed by atoms with van der Waals surface area (Å²) in [5.74, 6) is 0.726. The maximum Gasteiger partial charge on any atom is 0.339 e. The number of hydrogen-bond acceptors (Lipinski definition) is 6. The summed E-state index contributed by atoms with van der Waals surface area (Å²) in [5.41, 5.74) is 1.13. The number of likely N-dealkylation sites (tertiary alicyclic amines) is 1. The smallest absolute Gasteiger partial charge is 0.339 e. The molecule has 0 N–H and O–H groups in total. The molecule has 1 aliphatic heterocycles. The number of hydrogen-bond donors (Lipinski definition) is 0. The zero-order valence-corrected chi connectivity index (χ0v) is 20.4. The van der Waals surface area contributed by atoms with Crippen LogP contribution in [0.1, 0.15) is 76.8 Å². The van der Waals surface area contributed by atoms with Gasteiger partial charge in [0.1, 0.15) is 11.4 Å². The third-order valence-corrected chi connectivity index (χ3v) is 6.49. The monoisotopic (exact) mass is 466 g/mol. The minimum Gasteiger partial charge on any atom is -0.456 e. The standard InChI is InChI=1S/C25H30N4O3S/c1-17-27-19(16-33-17)15-29-14-11-26-22(29)18-9-12-28(13-10-18)23(30)20-7-5-6-8-21(20)24(31)32-25(2,3)4/h5-8,11,14,16,18H,9-10,12-13,15H2,1-4H3. The number of carbonyl (C=O) groups excluding carboxylic acids is 2. The number of ether oxygens (including phenoxy) is 1. The molecule has 1 saturated heterocycles. The average molecular weight is 467 g/mol. The van der Waals surface area contributed by atoms with Gasteiger partial charge >= 0.3 is 5.97 Å². The predicted octanol–water partition coefficient (Wildman–Crippen LogP) is 4.67. The van der Waals surface area contributed by atoms with E-state index in [4.69, 9.17) is 4.74 Å². The molecule has 174 valence electrons. The van der Waals surface area contributed by atoms with Crippen molar-refractivity contribution in [2.45, 2.75) is 58.6 Å². The average Bonchev–Trinajstić information content (AvgIpc) is 3.41. The molecule has 0 radical (unpaired) electrons. The van der Waals surface area contributed by atoms with E-state index in [0.29, 0.717) is 30.8 Å². The third kappa shape index (κ3) is 5.50. The van der Waals surface area contributed by atoms with E-state index in [1.807, 2.05) is 45.0 Å². The Bertz CT molecular complexity index is 1140. The largest absolute Gasteiger partial charge is 0.456 e. The van der Waals surface area contributed by atoms with Crippen LogP contribution >= 0.6 is 11.3 Å². The Hall–Kier alpha value is -3.00. The Labute approximate surface area is 198 Å². The van der Waals surface area contributed by atoms with Crippen molar-refractivity contribution in [3.8, 4) is 0 Å². The van der Waals surface area contributed by atoms with Gasteiger partial charge in [-0.2, -0.15) is 0 Å². The fourth-order valence-electron chi connectivity index (χ4n) is 4.16. The van der Waals surface area contributed by atoms with Crippen molar-refractivity contribution in [3.05, 3.63) is 69.7 Å². The summed E-state index contributed by atoms with van der Waals surface area (Å²) in [4.78, 5) is 37.0. The van der Waals surface area contributed by atoms with Gasteiger partial charge in [0.25, 0.3) is 5.91 Å². The highest BCUT2D eigenvalue weighted by Gasteiger charge is 2.30. The van der Waals surface area contributed by atoms with E-state index < -0.39 is 11.6 Å². The summed E-state index contributed by atoms with van der Waals surface area (Å²) in [6.45, 7) is 9.42. The van der Waals surface area contributed by atoms with Crippen molar-refractivity contribution in [3.63, 3.8) is 0 Å². The predicted molar refractivity (Wildman–Crippen MR) is 128 cm³/mol. The number of nitrogens with zero attached hydrogens (tertiary/aromatic N) is 4. The molecule has 1 amide bonds. The second-order valence-corrected chi connectivity index (χ2v) is 10.4. The number of piperidine rings is 1. The number of imidazole rings is 1. The van der Waals surface area contributed by atoms with E-state index in [2.05, 4.69) is 19.9 Å². The van der Waals surface area contributed by atoms with E-state index in [1.54, 1.807) is 35.6 Å². The Morgan fingerprint density at radius 3 is 2.48 bits per heavy atom. The molecular weight excluding hydrogens is 436 g/mol. The van der Waals surface area contributed by atoms with Crippen LogP contribution in [0.4, 0.5) is 0 Å². The van der Waals surface area contributed by atoms with E-state index in [1.165, 1.54) is 0 Å². The van der Waals surface area contributed by atoms with Gasteiger partial charge in [-0.05, 0) is 52.7 Å². The lowest BCUT2D eigenvalue weighted by atomic mass is 9.95. The summed E-state index contributed by atoms with van der Waals surface area (Å²) in [6, 6.07) is 6.90. The number of benzene rings is 1. The van der Waals surface area contributed by atoms with Gasteiger partial charge in [-0.25, -0.2) is 14.8 Å². The highest BCUT2D eigenvalue weighted by atomic mass is 32.1. The summed E-state index contributed by atoms with van der Waals surface area (Å²) < 4.78 is 7.67. The first-order valence-electron chi connectivity index (χ1n) is 11.2. The van der Waals surface area contributed by atoms with Crippen LogP contribution in [0.2, 0.25) is 0 Å². The molecule has 1 fully saturated rings. The number of thiazole rings is 1. The van der Waals surface area contributed by atoms with Crippen molar-refractivity contribution in [2.24, 2.45) is 0 Å². The van der Waals surface area contributed by atoms with Crippen LogP contribution in [-0.2, 0) is 11.3 Å². The second kappa shape index (κ2) is 9.47. The lowest BCUT2D eigenvalue weighted by molar-refractivity contribution is 0.00664. The molecule has 7 nitrogen and oxygen atoms in total. The van der Waals surface area contributed by atoms with Gasteiger partial charge in [0.05, 0.1) is 28.4 Å². The quantitative estimate of drug-likeness (QED) is 0.511. The van der Waals surface area contributed by atoms with E-state index in [9.17, 15) is 9.59 Å². The molecule has 0 aliphatic carbocycles. The lowest BCUT2D eigenvalue weighted by Crippen LogP contribution is -2.39. The van der Waals surface area contributed by atoms with E-state index in [-0.39, 0.29) is 11.8 Å². The fraction of sp³-hybridized carbons (Fsp3) is 0.440. The Kier molecular flexibility index (Phi) is 6.65. The first-order chi connectivity index (χ1) is 15.7. The normalized spacial score (nSPS) is 15.0. The summed E-state index contributed by atoms with van der Waals surface area (Å²) in [5, 5.41) is 3.15. The summed E-state index contributed by atoms with van der Waals surface area (Å²) in [7, 11) is 0. The van der Waals surface area contributed by atoms with Crippen molar-refractivity contribution in [2.75, 3.05) is 13.1 Å². The Morgan fingerprint density at radius 1 is 1.15 bits per heavy atom. The molecule has 2 aromatic heterocycles. The number of esters is 1. The van der Waals surface area contributed by atoms with Gasteiger partial charge in [-0.3, -0.25) is 4.79 Å². The molecule has 1 aromatic carbocycles. The van der Waals surface area contributed by atoms with Crippen molar-refractivity contribution < 1.29 is 14.3 Å². The molecule has 3 heterocycles. The van der Waals surface area contributed by atoms with Crippen molar-refractivity contribution in [1.82, 2.24) is 19.4 Å². The SMILES string of the molecule is Cc1nc(Cn2ccnc2C2CCN(C(=O)c3ccccc3C(=O)OC(C)(C)C)CC2)cs1. The minimum atomic E-state index is -0.620. The van der Waals surface area contributed by atoms with Crippen LogP contribution < -0.4 is 0 Å². The molecule has 1 aliphatic rings. The summed E-state index contributed by atoms with van der Waals surface area (Å²) in [6.07, 6.45) is 5.49. The molecule has 0 unspecified atom stereocenters. The third-order valence-electron chi connectivity index (χ3n) is 5.67. The molecule has 0 atom stereocenters. The van der Waals surface area contributed by atoms with Crippen molar-refractivity contribution in [1.29, 1.82) is 0 Å². The zero-order chi connectivity index (χ0) is 23.6. The van der Waals surface area contributed by atoms with Crippen molar-refractivity contribution >= 4 is 23.2 Å². The number of carbonyl (C=O) groups is 2. The number of aromatic nitrogens is 3. The maximum atomic E-state index is 13.3. The number of aryl methyl sites for hydroxylation is 1. The molecule has 8 heteroatoms. The van der Waals surface area contributed by atoms with Crippen LogP contribution in [0.15, 0.2) is 42.0 Å². The molecule has 3 aromatic rings. The molecule has 0 saturated carbocycles. The zero-order valence-electron chi connectivity index (χ0n) is 19.6. The molecule has 33 heavy (non-hydrogen) atoms. The van der Waals surface area contributed by atoms with Gasteiger partial charge in [-0.15, -0.1) is 11.3 Å². The topological polar surface area (TPSA) is 77.3 Å². The van der Waals surface area contributed by atoms with Crippen LogP contribution in [0.25, 0.3) is 0 Å². The lowest BCUT2D eigenvalue weighted by Gasteiger charge is -2.32. The van der Waals surface area contributed by atoms with Crippen LogP contribution in [0, 0.1) is 6.92 Å². The molecule has 4 rings (SSSR count). The highest BCUT2D eigenvalue weighted by Crippen LogP contribution is 2.29. The second-order valence-electron chi connectivity index (χ2n) is 9.39. The Balaban J connectivity index is 1.43. The first-order valence-corrected chi connectivity index (χ1v) is 12.1. The minimum absolute atomic E-state index is 0.129. The van der Waals surface area contributed by atoms with Crippen LogP contribution in [0.5, 0.6) is 0 Å². The molecule has 0 bridgehead atoms. The molecule has 0 spiro atoms. The summed E-state index contributed by atoms with van der Waals surface area (Å²) >= 11 is 1.65. The van der Waals surface area contributed by atoms with Crippen LogP contribution in [-0.4, -0.2) is 50.0 Å². The van der Waals surface area contributed by atoms with Gasteiger partial charge in [0, 0.05) is 36.8 Å². The fourth-order valence-corrected chi connectivity index (χ4v) is 4.77. The first kappa shape index (κ1) is 23.2. The van der Waals surface area contributed by atoms with Gasteiger partial charge < -0.3 is 14.2 Å². The Morgan fingerprint density at radius 2 is 1.85 bits per heavy atom. The van der Waals surface area contributed by atoms with Gasteiger partial charge in [-0.1, -0.05) is 12.1 Å². The van der Waals surface area contributed by atoms with E-state index in [0.717, 1.165) is 29.4 Å². The van der Waals surface area contributed by atoms with Gasteiger partial charge in [0.15, 0.2) is 0 Å². The number of amides is 1. The van der Waals surface area contributed by atoms with E-state index >= 15 is 0 Å². The number of rotatable bonds is 5. The maximum absolute atomic E-state index is 13.3. The van der Waals surface area contributed by atoms with Gasteiger partial charge in [0.2, 0.25) is 0 Å². The van der Waals surface area contributed by atoms with Crippen LogP contribution in [0.3, 0.4) is 0 Å².